The van der Waals surface area contributed by atoms with Gasteiger partial charge >= 0.3 is 0 Å². The van der Waals surface area contributed by atoms with Gasteiger partial charge in [0.2, 0.25) is 0 Å². The van der Waals surface area contributed by atoms with Crippen LogP contribution in [0.5, 0.6) is 0 Å². The Morgan fingerprint density at radius 2 is 2.21 bits per heavy atom. The second-order valence-corrected chi connectivity index (χ2v) is 7.87. The number of furan rings is 1. The van der Waals surface area contributed by atoms with Gasteiger partial charge in [0.1, 0.15) is 5.76 Å². The topological polar surface area (TPSA) is 85.9 Å². The zero-order valence-electron chi connectivity index (χ0n) is 14.9. The molecule has 1 aromatic rings. The summed E-state index contributed by atoms with van der Waals surface area (Å²) in [5.74, 6) is 0.931. The van der Waals surface area contributed by atoms with E-state index in [9.17, 15) is 15.0 Å². The summed E-state index contributed by atoms with van der Waals surface area (Å²) in [5.41, 5.74) is 0.708. The van der Waals surface area contributed by atoms with Crippen LogP contribution >= 0.6 is 0 Å². The molecule has 134 valence electrons. The fourth-order valence-electron chi connectivity index (χ4n) is 5.02. The first-order valence-electron chi connectivity index (χ1n) is 8.67. The van der Waals surface area contributed by atoms with E-state index in [-0.39, 0.29) is 29.7 Å². The number of nitrogens with zero attached hydrogens (tertiary/aromatic N) is 1. The standard InChI is InChI=1S/C18H28N2O4/c1-10(2)16-18(9-20(16)4)6-13(14(22)7-18)19-17(23)15-5-12(8-21)11(3)24-15/h5,10,13-14,16,21-22H,6-9H2,1-4H3,(H,19,23)/t13-,14-,16?,18?/m1/s1. The average molecular weight is 336 g/mol. The summed E-state index contributed by atoms with van der Waals surface area (Å²) in [6.45, 7) is 6.96. The van der Waals surface area contributed by atoms with Gasteiger partial charge in [0, 0.05) is 23.6 Å². The van der Waals surface area contributed by atoms with E-state index in [0.29, 0.717) is 23.3 Å². The molecular weight excluding hydrogens is 308 g/mol. The summed E-state index contributed by atoms with van der Waals surface area (Å²) in [5, 5.41) is 22.6. The van der Waals surface area contributed by atoms with Crippen molar-refractivity contribution in [3.8, 4) is 0 Å². The fourth-order valence-corrected chi connectivity index (χ4v) is 5.02. The summed E-state index contributed by atoms with van der Waals surface area (Å²) in [6, 6.07) is 1.76. The highest BCUT2D eigenvalue weighted by atomic mass is 16.4. The number of likely N-dealkylation sites (tertiary alicyclic amines) is 1. The van der Waals surface area contributed by atoms with E-state index in [1.54, 1.807) is 13.0 Å². The van der Waals surface area contributed by atoms with Crippen LogP contribution in [-0.2, 0) is 6.61 Å². The Hall–Kier alpha value is -1.37. The third-order valence-electron chi connectivity index (χ3n) is 5.74. The van der Waals surface area contributed by atoms with Gasteiger partial charge in [0.15, 0.2) is 5.76 Å². The number of nitrogens with one attached hydrogen (secondary N) is 1. The molecule has 1 spiro atoms. The number of aryl methyl sites for hydroxylation is 1. The molecule has 2 aliphatic rings. The van der Waals surface area contributed by atoms with Crippen molar-refractivity contribution < 1.29 is 19.4 Å². The zero-order valence-corrected chi connectivity index (χ0v) is 14.9. The largest absolute Gasteiger partial charge is 0.456 e. The lowest BCUT2D eigenvalue weighted by Crippen LogP contribution is -2.64. The van der Waals surface area contributed by atoms with Crippen molar-refractivity contribution in [3.63, 3.8) is 0 Å². The first kappa shape index (κ1) is 17.5. The van der Waals surface area contributed by atoms with Gasteiger partial charge in [-0.1, -0.05) is 13.8 Å². The Labute approximate surface area is 142 Å². The van der Waals surface area contributed by atoms with Crippen molar-refractivity contribution in [2.24, 2.45) is 11.3 Å². The summed E-state index contributed by atoms with van der Waals surface area (Å²) < 4.78 is 5.42. The first-order valence-corrected chi connectivity index (χ1v) is 8.67. The molecular formula is C18H28N2O4. The number of rotatable bonds is 4. The predicted octanol–water partition coefficient (Wildman–Crippen LogP) is 1.29. The van der Waals surface area contributed by atoms with E-state index >= 15 is 0 Å². The molecule has 0 radical (unpaired) electrons. The lowest BCUT2D eigenvalue weighted by Gasteiger charge is -2.57. The molecule has 3 rings (SSSR count). The molecule has 0 bridgehead atoms. The van der Waals surface area contributed by atoms with Gasteiger partial charge in [-0.3, -0.25) is 4.79 Å². The van der Waals surface area contributed by atoms with Crippen molar-refractivity contribution in [1.82, 2.24) is 10.2 Å². The average Bonchev–Trinajstić information content (AvgIpc) is 3.00. The second-order valence-electron chi connectivity index (χ2n) is 7.87. The summed E-state index contributed by atoms with van der Waals surface area (Å²) in [6.07, 6.45) is 0.987. The smallest absolute Gasteiger partial charge is 0.287 e. The Morgan fingerprint density at radius 1 is 1.50 bits per heavy atom. The van der Waals surface area contributed by atoms with E-state index in [2.05, 4.69) is 31.1 Å². The number of carbonyl (C=O) groups is 1. The molecule has 1 aliphatic heterocycles. The maximum Gasteiger partial charge on any atom is 0.287 e. The molecule has 2 fully saturated rings. The number of aliphatic hydroxyl groups is 2. The molecule has 1 aromatic heterocycles. The quantitative estimate of drug-likeness (QED) is 0.771. The lowest BCUT2D eigenvalue weighted by molar-refractivity contribution is -0.0827. The van der Waals surface area contributed by atoms with E-state index in [0.717, 1.165) is 19.4 Å². The van der Waals surface area contributed by atoms with Gasteiger partial charge in [-0.25, -0.2) is 0 Å². The van der Waals surface area contributed by atoms with E-state index in [4.69, 9.17) is 4.42 Å². The lowest BCUT2D eigenvalue weighted by atomic mass is 9.66. The van der Waals surface area contributed by atoms with Crippen LogP contribution < -0.4 is 5.32 Å². The number of carbonyl (C=O) groups excluding carboxylic acids is 1. The SMILES string of the molecule is Cc1oc(C(=O)N[C@@H]2CC3(C[C@H]2O)CN(C)C3C(C)C)cc1CO. The van der Waals surface area contributed by atoms with Crippen molar-refractivity contribution in [2.45, 2.75) is 58.4 Å². The molecule has 2 heterocycles. The summed E-state index contributed by atoms with van der Waals surface area (Å²) >= 11 is 0. The molecule has 6 nitrogen and oxygen atoms in total. The van der Waals surface area contributed by atoms with Gasteiger partial charge in [0.05, 0.1) is 18.8 Å². The predicted molar refractivity (Wildman–Crippen MR) is 89.6 cm³/mol. The highest BCUT2D eigenvalue weighted by Crippen LogP contribution is 2.52. The molecule has 1 saturated heterocycles. The minimum atomic E-state index is -0.530. The van der Waals surface area contributed by atoms with Gasteiger partial charge < -0.3 is 24.8 Å². The molecule has 3 N–H and O–H groups in total. The van der Waals surface area contributed by atoms with Gasteiger partial charge in [-0.15, -0.1) is 0 Å². The Morgan fingerprint density at radius 3 is 2.75 bits per heavy atom. The van der Waals surface area contributed by atoms with Crippen molar-refractivity contribution in [3.05, 3.63) is 23.2 Å². The van der Waals surface area contributed by atoms with Crippen molar-refractivity contribution in [1.29, 1.82) is 0 Å². The van der Waals surface area contributed by atoms with Crippen LogP contribution in [0.2, 0.25) is 0 Å². The van der Waals surface area contributed by atoms with Crippen LogP contribution in [0.1, 0.15) is 48.6 Å². The van der Waals surface area contributed by atoms with Crippen LogP contribution in [-0.4, -0.2) is 52.8 Å². The molecule has 1 saturated carbocycles. The first-order chi connectivity index (χ1) is 11.3. The highest BCUT2D eigenvalue weighted by molar-refractivity contribution is 5.92. The molecule has 6 heteroatoms. The summed E-state index contributed by atoms with van der Waals surface area (Å²) in [7, 11) is 2.12. The minimum absolute atomic E-state index is 0.0929. The third-order valence-corrected chi connectivity index (χ3v) is 5.74. The van der Waals surface area contributed by atoms with Gasteiger partial charge in [0.25, 0.3) is 5.91 Å². The number of amides is 1. The van der Waals surface area contributed by atoms with Crippen molar-refractivity contribution in [2.75, 3.05) is 13.6 Å². The summed E-state index contributed by atoms with van der Waals surface area (Å²) in [4.78, 5) is 14.8. The maximum absolute atomic E-state index is 12.4. The van der Waals surface area contributed by atoms with Crippen LogP contribution in [0.4, 0.5) is 0 Å². The number of aliphatic hydroxyl groups excluding tert-OH is 2. The molecule has 0 aromatic carbocycles. The van der Waals surface area contributed by atoms with Crippen LogP contribution in [0.25, 0.3) is 0 Å². The number of hydrogen-bond donors (Lipinski definition) is 3. The Kier molecular flexibility index (Phi) is 4.49. The molecule has 1 amide bonds. The number of hydrogen-bond acceptors (Lipinski definition) is 5. The molecule has 24 heavy (non-hydrogen) atoms. The van der Waals surface area contributed by atoms with E-state index < -0.39 is 6.10 Å². The Bertz CT molecular complexity index is 622. The molecule has 1 aliphatic carbocycles. The third kappa shape index (κ3) is 2.76. The van der Waals surface area contributed by atoms with Gasteiger partial charge in [-0.05, 0) is 38.8 Å². The second kappa shape index (κ2) is 6.17. The zero-order chi connectivity index (χ0) is 17.6. The Balaban J connectivity index is 1.69. The molecule has 4 atom stereocenters. The van der Waals surface area contributed by atoms with Crippen molar-refractivity contribution >= 4 is 5.91 Å². The molecule has 2 unspecified atom stereocenters. The van der Waals surface area contributed by atoms with Crippen LogP contribution in [0.15, 0.2) is 10.5 Å². The van der Waals surface area contributed by atoms with E-state index in [1.807, 2.05) is 0 Å². The fraction of sp³-hybridized carbons (Fsp3) is 0.722. The maximum atomic E-state index is 12.4. The minimum Gasteiger partial charge on any atom is -0.456 e. The normalized spacial score (nSPS) is 33.2. The van der Waals surface area contributed by atoms with Crippen LogP contribution in [0, 0.1) is 18.3 Å². The van der Waals surface area contributed by atoms with Gasteiger partial charge in [-0.2, -0.15) is 0 Å². The van der Waals surface area contributed by atoms with Crippen LogP contribution in [0.3, 0.4) is 0 Å². The monoisotopic (exact) mass is 336 g/mol. The highest BCUT2D eigenvalue weighted by Gasteiger charge is 2.58. The van der Waals surface area contributed by atoms with E-state index in [1.165, 1.54) is 0 Å².